The van der Waals surface area contributed by atoms with Crippen LogP contribution in [0.1, 0.15) is 31.8 Å². The van der Waals surface area contributed by atoms with Crippen molar-refractivity contribution in [2.45, 2.75) is 13.8 Å². The van der Waals surface area contributed by atoms with Gasteiger partial charge in [-0.15, -0.1) is 0 Å². The molecule has 0 aliphatic carbocycles. The third kappa shape index (κ3) is 3.52. The Morgan fingerprint density at radius 1 is 1.10 bits per heavy atom. The van der Waals surface area contributed by atoms with Crippen LogP contribution < -0.4 is 4.74 Å². The predicted molar refractivity (Wildman–Crippen MR) is 85.2 cm³/mol. The van der Waals surface area contributed by atoms with Gasteiger partial charge in [0.1, 0.15) is 5.75 Å². The van der Waals surface area contributed by atoms with Crippen LogP contribution >= 0.6 is 27.5 Å². The van der Waals surface area contributed by atoms with Gasteiger partial charge >= 0.3 is 5.97 Å². The lowest BCUT2D eigenvalue weighted by molar-refractivity contribution is 0.0731. The van der Waals surface area contributed by atoms with E-state index >= 15 is 0 Å². The van der Waals surface area contributed by atoms with Crippen LogP contribution in [0.4, 0.5) is 0 Å². The second-order valence-electron chi connectivity index (χ2n) is 4.58. The molecule has 0 aliphatic heterocycles. The normalized spacial score (nSPS) is 10.3. The van der Waals surface area contributed by atoms with Crippen molar-refractivity contribution < 1.29 is 14.3 Å². The number of esters is 1. The van der Waals surface area contributed by atoms with Gasteiger partial charge in [0.25, 0.3) is 5.24 Å². The lowest BCUT2D eigenvalue weighted by Crippen LogP contribution is -2.11. The fourth-order valence-electron chi connectivity index (χ4n) is 2.00. The Kier molecular flexibility index (Phi) is 4.80. The van der Waals surface area contributed by atoms with Crippen LogP contribution in [-0.2, 0) is 0 Å². The molecule has 0 saturated heterocycles. The summed E-state index contributed by atoms with van der Waals surface area (Å²) in [6.45, 7) is 3.53. The molecular formula is C16H12BrClO3. The molecule has 0 unspecified atom stereocenters. The number of benzene rings is 2. The number of aryl methyl sites for hydroxylation is 2. The molecule has 0 atom stereocenters. The second-order valence-corrected chi connectivity index (χ2v) is 5.78. The third-order valence-corrected chi connectivity index (χ3v) is 3.89. The Bertz CT molecular complexity index is 702. The molecule has 21 heavy (non-hydrogen) atoms. The van der Waals surface area contributed by atoms with Gasteiger partial charge in [-0.25, -0.2) is 4.79 Å². The number of ether oxygens (including phenoxy) is 1. The minimum Gasteiger partial charge on any atom is -0.422 e. The van der Waals surface area contributed by atoms with Gasteiger partial charge in [0.05, 0.1) is 5.56 Å². The van der Waals surface area contributed by atoms with Gasteiger partial charge in [-0.1, -0.05) is 12.1 Å². The summed E-state index contributed by atoms with van der Waals surface area (Å²) in [5.74, 6) is -0.0176. The van der Waals surface area contributed by atoms with E-state index in [4.69, 9.17) is 16.3 Å². The molecule has 0 saturated carbocycles. The van der Waals surface area contributed by atoms with Crippen LogP contribution in [0.2, 0.25) is 0 Å². The highest BCUT2D eigenvalue weighted by Crippen LogP contribution is 2.27. The van der Waals surface area contributed by atoms with E-state index in [1.54, 1.807) is 44.2 Å². The molecule has 2 aromatic rings. The summed E-state index contributed by atoms with van der Waals surface area (Å²) in [5.41, 5.74) is 2.18. The highest BCUT2D eigenvalue weighted by Gasteiger charge is 2.16. The zero-order valence-electron chi connectivity index (χ0n) is 11.4. The monoisotopic (exact) mass is 366 g/mol. The Morgan fingerprint density at radius 3 is 2.19 bits per heavy atom. The molecule has 0 aromatic heterocycles. The van der Waals surface area contributed by atoms with Gasteiger partial charge in [-0.05, 0) is 76.8 Å². The molecule has 5 heteroatoms. The van der Waals surface area contributed by atoms with E-state index in [1.165, 1.54) is 0 Å². The van der Waals surface area contributed by atoms with Gasteiger partial charge in [0.15, 0.2) is 0 Å². The van der Waals surface area contributed by atoms with Crippen LogP contribution in [0.5, 0.6) is 5.75 Å². The number of halogens is 2. The lowest BCUT2D eigenvalue weighted by Gasteiger charge is -2.12. The molecule has 0 N–H and O–H groups in total. The molecule has 0 radical (unpaired) electrons. The van der Waals surface area contributed by atoms with E-state index in [9.17, 15) is 9.59 Å². The van der Waals surface area contributed by atoms with Crippen LogP contribution in [-0.4, -0.2) is 11.2 Å². The van der Waals surface area contributed by atoms with Gasteiger partial charge in [-0.2, -0.15) is 0 Å². The SMILES string of the molecule is Cc1cc(C(=O)Cl)cc(C)c1OC(=O)c1ccccc1Br. The van der Waals surface area contributed by atoms with Crippen LogP contribution in [0.3, 0.4) is 0 Å². The number of hydrogen-bond donors (Lipinski definition) is 0. The third-order valence-electron chi connectivity index (χ3n) is 2.98. The molecule has 108 valence electrons. The molecular weight excluding hydrogens is 356 g/mol. The first-order valence-electron chi connectivity index (χ1n) is 6.18. The van der Waals surface area contributed by atoms with E-state index in [0.29, 0.717) is 32.5 Å². The average molecular weight is 368 g/mol. The van der Waals surface area contributed by atoms with E-state index in [0.717, 1.165) is 0 Å². The zero-order chi connectivity index (χ0) is 15.6. The topological polar surface area (TPSA) is 43.4 Å². The first-order chi connectivity index (χ1) is 9.90. The largest absolute Gasteiger partial charge is 0.422 e. The van der Waals surface area contributed by atoms with Crippen LogP contribution in [0.15, 0.2) is 40.9 Å². The maximum atomic E-state index is 12.2. The maximum Gasteiger partial charge on any atom is 0.344 e. The summed E-state index contributed by atoms with van der Waals surface area (Å²) in [5, 5.41) is -0.537. The molecule has 0 amide bonds. The summed E-state index contributed by atoms with van der Waals surface area (Å²) in [6, 6.07) is 10.2. The quantitative estimate of drug-likeness (QED) is 0.450. The Labute approximate surface area is 136 Å². The van der Waals surface area contributed by atoms with Crippen LogP contribution in [0.25, 0.3) is 0 Å². The van der Waals surface area contributed by atoms with Crippen molar-refractivity contribution in [1.29, 1.82) is 0 Å². The second kappa shape index (κ2) is 6.41. The molecule has 0 spiro atoms. The van der Waals surface area contributed by atoms with Gasteiger partial charge < -0.3 is 4.74 Å². The van der Waals surface area contributed by atoms with Crippen molar-refractivity contribution in [3.63, 3.8) is 0 Å². The molecule has 0 aliphatic rings. The number of carbonyl (C=O) groups is 2. The molecule has 0 fully saturated rings. The number of hydrogen-bond acceptors (Lipinski definition) is 3. The summed E-state index contributed by atoms with van der Waals surface area (Å²) in [7, 11) is 0. The van der Waals surface area contributed by atoms with E-state index in [-0.39, 0.29) is 0 Å². The van der Waals surface area contributed by atoms with E-state index in [1.807, 2.05) is 6.07 Å². The fourth-order valence-corrected chi connectivity index (χ4v) is 2.55. The fraction of sp³-hybridized carbons (Fsp3) is 0.125. The zero-order valence-corrected chi connectivity index (χ0v) is 13.8. The Balaban J connectivity index is 2.34. The predicted octanol–water partition coefficient (Wildman–Crippen LogP) is 4.66. The first-order valence-corrected chi connectivity index (χ1v) is 7.35. The number of carbonyl (C=O) groups excluding carboxylic acids is 2. The van der Waals surface area contributed by atoms with E-state index in [2.05, 4.69) is 15.9 Å². The van der Waals surface area contributed by atoms with Crippen LogP contribution in [0, 0.1) is 13.8 Å². The minimum atomic E-state index is -0.537. The van der Waals surface area contributed by atoms with Gasteiger partial charge in [0.2, 0.25) is 0 Å². The van der Waals surface area contributed by atoms with Crippen molar-refractivity contribution >= 4 is 38.7 Å². The highest BCUT2D eigenvalue weighted by molar-refractivity contribution is 9.10. The van der Waals surface area contributed by atoms with Crippen molar-refractivity contribution in [1.82, 2.24) is 0 Å². The molecule has 2 rings (SSSR count). The van der Waals surface area contributed by atoms with Crippen molar-refractivity contribution in [3.05, 3.63) is 63.1 Å². The summed E-state index contributed by atoms with van der Waals surface area (Å²) in [6.07, 6.45) is 0. The smallest absolute Gasteiger partial charge is 0.344 e. The van der Waals surface area contributed by atoms with Gasteiger partial charge in [-0.3, -0.25) is 4.79 Å². The first kappa shape index (κ1) is 15.7. The Hall–Kier alpha value is -1.65. The summed E-state index contributed by atoms with van der Waals surface area (Å²) >= 11 is 8.78. The number of rotatable bonds is 3. The summed E-state index contributed by atoms with van der Waals surface area (Å²) < 4.78 is 6.12. The van der Waals surface area contributed by atoms with Crippen molar-refractivity contribution in [2.75, 3.05) is 0 Å². The Morgan fingerprint density at radius 2 is 1.67 bits per heavy atom. The average Bonchev–Trinajstić information content (AvgIpc) is 2.42. The molecule has 0 bridgehead atoms. The standard InChI is InChI=1S/C16H12BrClO3/c1-9-7-11(15(18)19)8-10(2)14(9)21-16(20)12-5-3-4-6-13(12)17/h3-8H,1-2H3. The highest BCUT2D eigenvalue weighted by atomic mass is 79.9. The lowest BCUT2D eigenvalue weighted by atomic mass is 10.1. The van der Waals surface area contributed by atoms with E-state index < -0.39 is 11.2 Å². The molecule has 2 aromatic carbocycles. The minimum absolute atomic E-state index is 0.382. The van der Waals surface area contributed by atoms with Gasteiger partial charge in [0, 0.05) is 10.0 Å². The van der Waals surface area contributed by atoms with Crippen molar-refractivity contribution in [2.24, 2.45) is 0 Å². The maximum absolute atomic E-state index is 12.2. The summed E-state index contributed by atoms with van der Waals surface area (Å²) in [4.78, 5) is 23.4. The molecule has 0 heterocycles. The van der Waals surface area contributed by atoms with Crippen molar-refractivity contribution in [3.8, 4) is 5.75 Å². The molecule has 3 nitrogen and oxygen atoms in total.